The van der Waals surface area contributed by atoms with E-state index in [1.165, 1.54) is 12.1 Å². The summed E-state index contributed by atoms with van der Waals surface area (Å²) in [6, 6.07) is 14.1. The summed E-state index contributed by atoms with van der Waals surface area (Å²) >= 11 is 11.9. The van der Waals surface area contributed by atoms with Crippen LogP contribution in [0, 0.1) is 6.92 Å². The highest BCUT2D eigenvalue weighted by Crippen LogP contribution is 2.22. The molecule has 3 rings (SSSR count). The normalized spacial score (nSPS) is 11.7. The van der Waals surface area contributed by atoms with E-state index in [4.69, 9.17) is 23.2 Å². The minimum atomic E-state index is -1.27. The van der Waals surface area contributed by atoms with E-state index in [2.05, 4.69) is 10.3 Å². The summed E-state index contributed by atoms with van der Waals surface area (Å²) in [5, 5.41) is 12.7. The van der Waals surface area contributed by atoms with Crippen molar-refractivity contribution in [3.05, 3.63) is 91.8 Å². The van der Waals surface area contributed by atoms with Crippen molar-refractivity contribution in [2.45, 2.75) is 19.4 Å². The van der Waals surface area contributed by atoms with Crippen molar-refractivity contribution in [3.8, 4) is 11.1 Å². The lowest BCUT2D eigenvalue weighted by Crippen LogP contribution is -2.44. The predicted molar refractivity (Wildman–Crippen MR) is 116 cm³/mol. The SMILES string of the molecule is Cc1[nH]c(=O)c(C(=O)NC(Cc2cc(Cl)cc(Cl)c2)C(=O)O)cc1-c1ccccc1. The van der Waals surface area contributed by atoms with E-state index < -0.39 is 23.5 Å². The molecule has 1 unspecified atom stereocenters. The van der Waals surface area contributed by atoms with Crippen LogP contribution in [0.3, 0.4) is 0 Å². The summed E-state index contributed by atoms with van der Waals surface area (Å²) in [4.78, 5) is 39.5. The molecule has 0 fully saturated rings. The standard InChI is InChI=1S/C22H18Cl2N2O4/c1-12-17(14-5-3-2-4-6-14)11-18(20(27)25-12)21(28)26-19(22(29)30)9-13-7-15(23)10-16(24)8-13/h2-8,10-11,19H,9H2,1H3,(H,25,27)(H,26,28)(H,29,30). The first-order valence-electron chi connectivity index (χ1n) is 9.02. The summed E-state index contributed by atoms with van der Waals surface area (Å²) in [6.45, 7) is 1.73. The van der Waals surface area contributed by atoms with E-state index in [1.54, 1.807) is 19.1 Å². The Labute approximate surface area is 182 Å². The second kappa shape index (κ2) is 9.15. The molecule has 0 saturated heterocycles. The molecule has 154 valence electrons. The number of aromatic amines is 1. The number of carboxylic acids is 1. The molecular formula is C22H18Cl2N2O4. The molecule has 3 N–H and O–H groups in total. The van der Waals surface area contributed by atoms with Gasteiger partial charge in [0.1, 0.15) is 11.6 Å². The molecule has 6 nitrogen and oxygen atoms in total. The van der Waals surface area contributed by atoms with Gasteiger partial charge >= 0.3 is 5.97 Å². The maximum Gasteiger partial charge on any atom is 0.326 e. The first kappa shape index (κ1) is 21.6. The van der Waals surface area contributed by atoms with Gasteiger partial charge in [-0.2, -0.15) is 0 Å². The number of pyridine rings is 1. The Morgan fingerprint density at radius 3 is 2.30 bits per heavy atom. The zero-order chi connectivity index (χ0) is 21.8. The van der Waals surface area contributed by atoms with E-state index in [0.29, 0.717) is 26.9 Å². The molecule has 1 amide bonds. The number of carbonyl (C=O) groups excluding carboxylic acids is 1. The first-order valence-corrected chi connectivity index (χ1v) is 9.78. The third kappa shape index (κ3) is 5.09. The Kier molecular flexibility index (Phi) is 6.59. The number of carboxylic acid groups (broad SMARTS) is 1. The molecular weight excluding hydrogens is 427 g/mol. The number of benzene rings is 2. The third-order valence-electron chi connectivity index (χ3n) is 4.53. The molecule has 30 heavy (non-hydrogen) atoms. The molecule has 8 heteroatoms. The van der Waals surface area contributed by atoms with Gasteiger partial charge in [-0.25, -0.2) is 4.79 Å². The van der Waals surface area contributed by atoms with Crippen molar-refractivity contribution in [2.24, 2.45) is 0 Å². The lowest BCUT2D eigenvalue weighted by molar-refractivity contribution is -0.139. The van der Waals surface area contributed by atoms with Gasteiger partial charge in [0, 0.05) is 27.7 Å². The maximum atomic E-state index is 12.8. The molecule has 0 aliphatic carbocycles. The van der Waals surface area contributed by atoms with E-state index in [1.807, 2.05) is 30.3 Å². The predicted octanol–water partition coefficient (Wildman–Crippen LogP) is 4.08. The average Bonchev–Trinajstić information content (AvgIpc) is 2.67. The topological polar surface area (TPSA) is 99.3 Å². The number of amides is 1. The lowest BCUT2D eigenvalue weighted by Gasteiger charge is -2.16. The van der Waals surface area contributed by atoms with Crippen LogP contribution in [0.4, 0.5) is 0 Å². The van der Waals surface area contributed by atoms with Crippen LogP contribution in [0.5, 0.6) is 0 Å². The van der Waals surface area contributed by atoms with Crippen LogP contribution in [-0.2, 0) is 11.2 Å². The van der Waals surface area contributed by atoms with Crippen LogP contribution in [-0.4, -0.2) is 28.0 Å². The largest absolute Gasteiger partial charge is 0.480 e. The minimum absolute atomic E-state index is 0.0450. The second-order valence-corrected chi connectivity index (χ2v) is 7.64. The Morgan fingerprint density at radius 1 is 1.07 bits per heavy atom. The number of hydrogen-bond donors (Lipinski definition) is 3. The summed E-state index contributed by atoms with van der Waals surface area (Å²) in [5.41, 5.74) is 1.88. The van der Waals surface area contributed by atoms with Gasteiger partial charge in [-0.15, -0.1) is 0 Å². The van der Waals surface area contributed by atoms with Crippen molar-refractivity contribution < 1.29 is 14.7 Å². The molecule has 1 aromatic heterocycles. The lowest BCUT2D eigenvalue weighted by atomic mass is 10.0. The molecule has 2 aromatic carbocycles. The summed E-state index contributed by atoms with van der Waals surface area (Å²) in [6.07, 6.45) is -0.0450. The summed E-state index contributed by atoms with van der Waals surface area (Å²) < 4.78 is 0. The fourth-order valence-electron chi connectivity index (χ4n) is 3.11. The number of carbonyl (C=O) groups is 2. The summed E-state index contributed by atoms with van der Waals surface area (Å²) in [5.74, 6) is -2.03. The Bertz CT molecular complexity index is 1140. The molecule has 0 bridgehead atoms. The minimum Gasteiger partial charge on any atom is -0.480 e. The fourth-order valence-corrected chi connectivity index (χ4v) is 3.68. The van der Waals surface area contributed by atoms with Gasteiger partial charge in [0.25, 0.3) is 11.5 Å². The molecule has 0 radical (unpaired) electrons. The van der Waals surface area contributed by atoms with Crippen LogP contribution < -0.4 is 10.9 Å². The number of H-pyrrole nitrogens is 1. The highest BCUT2D eigenvalue weighted by Gasteiger charge is 2.23. The number of aliphatic carboxylic acids is 1. The van der Waals surface area contributed by atoms with Crippen molar-refractivity contribution in [1.29, 1.82) is 0 Å². The van der Waals surface area contributed by atoms with E-state index in [9.17, 15) is 19.5 Å². The summed E-state index contributed by atoms with van der Waals surface area (Å²) in [7, 11) is 0. The van der Waals surface area contributed by atoms with E-state index >= 15 is 0 Å². The Balaban J connectivity index is 1.89. The van der Waals surface area contributed by atoms with E-state index in [-0.39, 0.29) is 12.0 Å². The number of halogens is 2. The maximum absolute atomic E-state index is 12.8. The van der Waals surface area contributed by atoms with Crippen molar-refractivity contribution in [1.82, 2.24) is 10.3 Å². The molecule has 1 heterocycles. The van der Waals surface area contributed by atoms with Crippen LogP contribution in [0.1, 0.15) is 21.6 Å². The van der Waals surface area contributed by atoms with Gasteiger partial charge < -0.3 is 15.4 Å². The first-order chi connectivity index (χ1) is 14.2. The monoisotopic (exact) mass is 444 g/mol. The number of rotatable bonds is 6. The fraction of sp³-hybridized carbons (Fsp3) is 0.136. The van der Waals surface area contributed by atoms with Crippen LogP contribution in [0.25, 0.3) is 11.1 Å². The van der Waals surface area contributed by atoms with Crippen LogP contribution in [0.2, 0.25) is 10.0 Å². The van der Waals surface area contributed by atoms with Crippen molar-refractivity contribution in [3.63, 3.8) is 0 Å². The van der Waals surface area contributed by atoms with Gasteiger partial charge in [0.15, 0.2) is 0 Å². The molecule has 0 spiro atoms. The number of aryl methyl sites for hydroxylation is 1. The number of hydrogen-bond acceptors (Lipinski definition) is 3. The Morgan fingerprint density at radius 2 is 1.70 bits per heavy atom. The highest BCUT2D eigenvalue weighted by molar-refractivity contribution is 6.34. The average molecular weight is 445 g/mol. The van der Waals surface area contributed by atoms with Gasteiger partial charge in [-0.05, 0) is 42.3 Å². The Hall–Kier alpha value is -3.09. The molecule has 3 aromatic rings. The van der Waals surface area contributed by atoms with Gasteiger partial charge in [-0.3, -0.25) is 9.59 Å². The van der Waals surface area contributed by atoms with Crippen LogP contribution in [0.15, 0.2) is 59.4 Å². The van der Waals surface area contributed by atoms with Gasteiger partial charge in [0.2, 0.25) is 0 Å². The molecule has 0 aliphatic heterocycles. The van der Waals surface area contributed by atoms with Crippen molar-refractivity contribution in [2.75, 3.05) is 0 Å². The molecule has 0 saturated carbocycles. The smallest absolute Gasteiger partial charge is 0.326 e. The second-order valence-electron chi connectivity index (χ2n) is 6.76. The molecule has 1 atom stereocenters. The van der Waals surface area contributed by atoms with E-state index in [0.717, 1.165) is 5.56 Å². The number of nitrogens with one attached hydrogen (secondary N) is 2. The third-order valence-corrected chi connectivity index (χ3v) is 4.97. The van der Waals surface area contributed by atoms with Gasteiger partial charge in [-0.1, -0.05) is 53.5 Å². The van der Waals surface area contributed by atoms with Crippen molar-refractivity contribution >= 4 is 35.1 Å². The molecule has 0 aliphatic rings. The number of aromatic nitrogens is 1. The van der Waals surface area contributed by atoms with Gasteiger partial charge in [0.05, 0.1) is 0 Å². The zero-order valence-electron chi connectivity index (χ0n) is 15.9. The quantitative estimate of drug-likeness (QED) is 0.533. The highest BCUT2D eigenvalue weighted by atomic mass is 35.5. The van der Waals surface area contributed by atoms with Crippen LogP contribution >= 0.6 is 23.2 Å². The zero-order valence-corrected chi connectivity index (χ0v) is 17.4.